The number of amides is 1. The number of carbonyl (C=O) groups is 2. The minimum Gasteiger partial charge on any atom is -0.462 e. The lowest BCUT2D eigenvalue weighted by Gasteiger charge is -2.24. The molecule has 6 heteroatoms. The molecule has 0 bridgehead atoms. The summed E-state index contributed by atoms with van der Waals surface area (Å²) < 4.78 is 5.83. The summed E-state index contributed by atoms with van der Waals surface area (Å²) in [7, 11) is 0. The van der Waals surface area contributed by atoms with Gasteiger partial charge in [-0.1, -0.05) is 200 Å². The number of rotatable bonds is 38. The molecule has 58 heavy (non-hydrogen) atoms. The minimum atomic E-state index is -0.821. The van der Waals surface area contributed by atoms with Crippen molar-refractivity contribution in [3.63, 3.8) is 0 Å². The largest absolute Gasteiger partial charge is 0.462 e. The molecule has 3 atom stereocenters. The van der Waals surface area contributed by atoms with Crippen molar-refractivity contribution < 1.29 is 24.5 Å². The zero-order chi connectivity index (χ0) is 42.4. The van der Waals surface area contributed by atoms with Crippen LogP contribution in [0.1, 0.15) is 168 Å². The molecule has 326 valence electrons. The number of hydrogen-bond acceptors (Lipinski definition) is 5. The van der Waals surface area contributed by atoms with Crippen LogP contribution in [0, 0.1) is 0 Å². The van der Waals surface area contributed by atoms with Crippen LogP contribution in [0.3, 0.4) is 0 Å². The van der Waals surface area contributed by atoms with Crippen LogP contribution in [-0.4, -0.2) is 46.9 Å². The lowest BCUT2D eigenvalue weighted by Crippen LogP contribution is -2.46. The zero-order valence-electron chi connectivity index (χ0n) is 36.9. The summed E-state index contributed by atoms with van der Waals surface area (Å²) in [5.74, 6) is -0.637. The van der Waals surface area contributed by atoms with E-state index in [-0.39, 0.29) is 31.3 Å². The van der Waals surface area contributed by atoms with Crippen molar-refractivity contribution in [2.75, 3.05) is 6.61 Å². The smallest absolute Gasteiger partial charge is 0.306 e. The second-order valence-electron chi connectivity index (χ2n) is 14.8. The summed E-state index contributed by atoms with van der Waals surface area (Å²) in [6, 6.07) is -0.741. The molecule has 0 saturated carbocycles. The summed E-state index contributed by atoms with van der Waals surface area (Å²) in [6.45, 7) is 6.14. The van der Waals surface area contributed by atoms with Crippen molar-refractivity contribution >= 4 is 11.9 Å². The summed E-state index contributed by atoms with van der Waals surface area (Å²) in [5.41, 5.74) is 0. The molecular weight excluding hydrogens is 719 g/mol. The SMILES string of the molecule is CC/C=C\C/C=C\C/C=C\C/C=C\C/C=C\CCCC(CC(=O)NC(CO)C(O)CCCCCCCCCCC)OC(=O)CCC/C=C/C=C\C=C/C=C/C=C/CC. The van der Waals surface area contributed by atoms with Crippen LogP contribution >= 0.6 is 0 Å². The van der Waals surface area contributed by atoms with E-state index in [1.165, 1.54) is 38.5 Å². The van der Waals surface area contributed by atoms with Crippen molar-refractivity contribution in [1.29, 1.82) is 0 Å². The van der Waals surface area contributed by atoms with Crippen LogP contribution in [0.25, 0.3) is 0 Å². The molecule has 0 rings (SSSR count). The van der Waals surface area contributed by atoms with Crippen molar-refractivity contribution in [3.05, 3.63) is 122 Å². The Bertz CT molecular complexity index is 1260. The molecule has 0 aliphatic carbocycles. The molecule has 0 heterocycles. The van der Waals surface area contributed by atoms with Crippen LogP contribution in [0.2, 0.25) is 0 Å². The Morgan fingerprint density at radius 2 is 1.02 bits per heavy atom. The van der Waals surface area contributed by atoms with Crippen LogP contribution in [0.5, 0.6) is 0 Å². The standard InChI is InChI=1S/C52H83NO5/c1-4-7-10-13-16-19-21-23-24-25-26-28-29-32-34-37-40-43-48(58-52(57)45-42-39-36-33-30-27-22-20-17-14-11-8-5-2)46-51(56)53-49(47-54)50(55)44-41-38-35-31-18-15-12-9-6-3/h7-8,10-11,14,16-17,19-20,22-24,26-28,30,32-34,36,48-50,54-55H,4-6,9,12-13,15,18,21,25,29,31,35,37-47H2,1-3H3,(H,53,56)/b10-7-,11-8+,17-14+,19-16-,22-20-,24-23-,28-26-,30-27-,34-32-,36-33+. The van der Waals surface area contributed by atoms with Gasteiger partial charge in [0.15, 0.2) is 0 Å². The van der Waals surface area contributed by atoms with Crippen LogP contribution < -0.4 is 5.32 Å². The molecule has 0 aromatic carbocycles. The predicted molar refractivity (Wildman–Crippen MR) is 250 cm³/mol. The fourth-order valence-corrected chi connectivity index (χ4v) is 6.02. The van der Waals surface area contributed by atoms with Crippen molar-refractivity contribution in [1.82, 2.24) is 5.32 Å². The highest BCUT2D eigenvalue weighted by Crippen LogP contribution is 2.15. The number of aliphatic hydroxyl groups excluding tert-OH is 2. The summed E-state index contributed by atoms with van der Waals surface area (Å²) in [5, 5.41) is 23.6. The molecule has 3 N–H and O–H groups in total. The number of nitrogens with one attached hydrogen (secondary N) is 1. The van der Waals surface area contributed by atoms with Crippen molar-refractivity contribution in [2.24, 2.45) is 0 Å². The quantitative estimate of drug-likeness (QED) is 0.0250. The Morgan fingerprint density at radius 3 is 1.57 bits per heavy atom. The molecular formula is C52H83NO5. The van der Waals surface area contributed by atoms with E-state index in [2.05, 4.69) is 92.9 Å². The van der Waals surface area contributed by atoms with E-state index in [9.17, 15) is 19.8 Å². The van der Waals surface area contributed by atoms with E-state index in [1.807, 2.05) is 54.7 Å². The number of carbonyl (C=O) groups excluding carboxylic acids is 2. The van der Waals surface area contributed by atoms with Crippen LogP contribution in [0.15, 0.2) is 122 Å². The van der Waals surface area contributed by atoms with E-state index >= 15 is 0 Å². The Hall–Kier alpha value is -3.74. The first-order chi connectivity index (χ1) is 28.5. The van der Waals surface area contributed by atoms with Gasteiger partial charge in [0.2, 0.25) is 5.91 Å². The average Bonchev–Trinajstić information content (AvgIpc) is 3.22. The Labute approximate surface area is 355 Å². The van der Waals surface area contributed by atoms with Crippen molar-refractivity contribution in [3.8, 4) is 0 Å². The first-order valence-corrected chi connectivity index (χ1v) is 22.8. The molecule has 0 saturated heterocycles. The highest BCUT2D eigenvalue weighted by atomic mass is 16.5. The van der Waals surface area contributed by atoms with Gasteiger partial charge in [-0.3, -0.25) is 9.59 Å². The number of allylic oxidation sites excluding steroid dienone is 20. The predicted octanol–water partition coefficient (Wildman–Crippen LogP) is 13.3. The van der Waals surface area contributed by atoms with E-state index < -0.39 is 18.2 Å². The highest BCUT2D eigenvalue weighted by Gasteiger charge is 2.23. The maximum atomic E-state index is 13.1. The lowest BCUT2D eigenvalue weighted by molar-refractivity contribution is -0.151. The van der Waals surface area contributed by atoms with Gasteiger partial charge in [0.05, 0.1) is 25.2 Å². The number of unbranched alkanes of at least 4 members (excludes halogenated alkanes) is 10. The first-order valence-electron chi connectivity index (χ1n) is 22.8. The first kappa shape index (κ1) is 54.3. The molecule has 0 fully saturated rings. The number of hydrogen-bond donors (Lipinski definition) is 3. The third-order valence-electron chi connectivity index (χ3n) is 9.41. The second-order valence-corrected chi connectivity index (χ2v) is 14.8. The van der Waals surface area contributed by atoms with E-state index in [4.69, 9.17) is 4.74 Å². The molecule has 0 aromatic rings. The number of esters is 1. The summed E-state index contributed by atoms with van der Waals surface area (Å²) >= 11 is 0. The molecule has 0 aliphatic rings. The molecule has 0 aromatic heterocycles. The fourth-order valence-electron chi connectivity index (χ4n) is 6.02. The van der Waals surface area contributed by atoms with Gasteiger partial charge in [0, 0.05) is 6.42 Å². The lowest BCUT2D eigenvalue weighted by atomic mass is 10.0. The zero-order valence-corrected chi connectivity index (χ0v) is 36.9. The van der Waals surface area contributed by atoms with Gasteiger partial charge in [-0.05, 0) is 77.0 Å². The van der Waals surface area contributed by atoms with Gasteiger partial charge in [-0.25, -0.2) is 0 Å². The van der Waals surface area contributed by atoms with E-state index in [0.29, 0.717) is 19.3 Å². The maximum absolute atomic E-state index is 13.1. The van der Waals surface area contributed by atoms with Gasteiger partial charge in [-0.15, -0.1) is 0 Å². The van der Waals surface area contributed by atoms with Gasteiger partial charge in [0.1, 0.15) is 6.10 Å². The maximum Gasteiger partial charge on any atom is 0.306 e. The fraction of sp³-hybridized carbons (Fsp3) is 0.577. The van der Waals surface area contributed by atoms with Gasteiger partial charge in [0.25, 0.3) is 0 Å². The minimum absolute atomic E-state index is 0.000945. The Morgan fingerprint density at radius 1 is 0.534 bits per heavy atom. The molecule has 0 aliphatic heterocycles. The van der Waals surface area contributed by atoms with Gasteiger partial charge < -0.3 is 20.3 Å². The van der Waals surface area contributed by atoms with Gasteiger partial charge >= 0.3 is 5.97 Å². The number of aliphatic hydroxyl groups is 2. The molecule has 3 unspecified atom stereocenters. The van der Waals surface area contributed by atoms with Crippen LogP contribution in [0.4, 0.5) is 0 Å². The van der Waals surface area contributed by atoms with Crippen molar-refractivity contribution in [2.45, 2.75) is 187 Å². The Balaban J connectivity index is 4.89. The number of ether oxygens (including phenoxy) is 1. The topological polar surface area (TPSA) is 95.9 Å². The normalized spacial score (nSPS) is 14.5. The third kappa shape index (κ3) is 39.1. The van der Waals surface area contributed by atoms with E-state index in [0.717, 1.165) is 77.0 Å². The molecule has 0 spiro atoms. The molecule has 0 radical (unpaired) electrons. The molecule has 1 amide bonds. The average molecular weight is 802 g/mol. The third-order valence-corrected chi connectivity index (χ3v) is 9.41. The second kappa shape index (κ2) is 44.4. The van der Waals surface area contributed by atoms with E-state index in [1.54, 1.807) is 0 Å². The molecule has 6 nitrogen and oxygen atoms in total. The highest BCUT2D eigenvalue weighted by molar-refractivity contribution is 5.77. The Kier molecular flexibility index (Phi) is 41.5. The van der Waals surface area contributed by atoms with Gasteiger partial charge in [-0.2, -0.15) is 0 Å². The monoisotopic (exact) mass is 802 g/mol. The van der Waals surface area contributed by atoms with Crippen LogP contribution in [-0.2, 0) is 14.3 Å². The summed E-state index contributed by atoms with van der Waals surface area (Å²) in [6.07, 6.45) is 61.2. The summed E-state index contributed by atoms with van der Waals surface area (Å²) in [4.78, 5) is 26.0.